The van der Waals surface area contributed by atoms with Crippen molar-refractivity contribution in [2.45, 2.75) is 4.90 Å². The number of nitrogens with two attached hydrogens (primary N) is 2. The summed E-state index contributed by atoms with van der Waals surface area (Å²) >= 11 is 0. The third-order valence-corrected chi connectivity index (χ3v) is 6.60. The van der Waals surface area contributed by atoms with E-state index in [1.165, 1.54) is 57.6 Å². The van der Waals surface area contributed by atoms with Crippen LogP contribution in [0, 0.1) is 0 Å². The van der Waals surface area contributed by atoms with Gasteiger partial charge in [-0.15, -0.1) is 0 Å². The van der Waals surface area contributed by atoms with Crippen LogP contribution in [0.5, 0.6) is 11.9 Å². The molecule has 2 aromatic carbocycles. The van der Waals surface area contributed by atoms with Crippen molar-refractivity contribution in [3.8, 4) is 23.0 Å². The van der Waals surface area contributed by atoms with Gasteiger partial charge >= 0.3 is 6.01 Å². The normalized spacial score (nSPS) is 11.2. The van der Waals surface area contributed by atoms with Crippen LogP contribution >= 0.6 is 0 Å². The molecule has 0 fully saturated rings. The average molecular weight is 552 g/mol. The van der Waals surface area contributed by atoms with Crippen molar-refractivity contribution in [3.63, 3.8) is 0 Å². The number of sulfonamides is 1. The highest BCUT2D eigenvalue weighted by Crippen LogP contribution is 2.35. The Morgan fingerprint density at radius 1 is 1.00 bits per heavy atom. The first-order valence-electron chi connectivity index (χ1n) is 11.3. The molecule has 0 spiro atoms. The largest absolute Gasteiger partial charge is 0.480 e. The third kappa shape index (κ3) is 5.56. The fourth-order valence-corrected chi connectivity index (χ4v) is 4.43. The second-order valence-corrected chi connectivity index (χ2v) is 10.1. The van der Waals surface area contributed by atoms with Crippen molar-refractivity contribution >= 4 is 44.1 Å². The smallest absolute Gasteiger partial charge is 0.319 e. The molecule has 0 bridgehead atoms. The number of aromatic nitrogens is 3. The summed E-state index contributed by atoms with van der Waals surface area (Å²) in [6, 6.07) is 9.20. The fourth-order valence-electron chi connectivity index (χ4n) is 3.85. The van der Waals surface area contributed by atoms with Crippen molar-refractivity contribution in [1.82, 2.24) is 19.9 Å². The lowest BCUT2D eigenvalue weighted by molar-refractivity contribution is 0.0827. The van der Waals surface area contributed by atoms with E-state index in [2.05, 4.69) is 20.3 Å². The van der Waals surface area contributed by atoms with E-state index < -0.39 is 21.8 Å². The summed E-state index contributed by atoms with van der Waals surface area (Å²) in [4.78, 5) is 38.7. The second-order valence-electron chi connectivity index (χ2n) is 8.54. The molecule has 202 valence electrons. The maximum Gasteiger partial charge on any atom is 0.319 e. The van der Waals surface area contributed by atoms with Gasteiger partial charge in [0.05, 0.1) is 41.4 Å². The summed E-state index contributed by atoms with van der Waals surface area (Å²) < 4.78 is 34.7. The first-order chi connectivity index (χ1) is 18.4. The molecule has 0 saturated heterocycles. The molecule has 2 heterocycles. The van der Waals surface area contributed by atoms with Gasteiger partial charge < -0.3 is 25.4 Å². The van der Waals surface area contributed by atoms with Crippen molar-refractivity contribution in [3.05, 3.63) is 59.9 Å². The number of primary amides is 1. The van der Waals surface area contributed by atoms with Crippen molar-refractivity contribution in [1.29, 1.82) is 0 Å². The number of amides is 2. The highest BCUT2D eigenvalue weighted by Gasteiger charge is 2.20. The molecule has 14 heteroatoms. The van der Waals surface area contributed by atoms with Crippen LogP contribution in [0.2, 0.25) is 0 Å². The van der Waals surface area contributed by atoms with Gasteiger partial charge in [0.1, 0.15) is 0 Å². The molecule has 0 unspecified atom stereocenters. The molecular weight excluding hydrogens is 526 g/mol. The van der Waals surface area contributed by atoms with Crippen LogP contribution in [-0.2, 0) is 10.0 Å². The monoisotopic (exact) mass is 551 g/mol. The number of pyridine rings is 1. The van der Waals surface area contributed by atoms with E-state index in [4.69, 9.17) is 20.3 Å². The highest BCUT2D eigenvalue weighted by molar-refractivity contribution is 7.89. The summed E-state index contributed by atoms with van der Waals surface area (Å²) in [5.41, 5.74) is 7.89. The zero-order chi connectivity index (χ0) is 28.5. The van der Waals surface area contributed by atoms with Crippen LogP contribution in [-0.4, -0.2) is 68.4 Å². The molecule has 5 N–H and O–H groups in total. The predicted octanol–water partition coefficient (Wildman–Crippen LogP) is 1.90. The Morgan fingerprint density at radius 3 is 2.36 bits per heavy atom. The summed E-state index contributed by atoms with van der Waals surface area (Å²) in [6.07, 6.45) is 2.85. The zero-order valence-electron chi connectivity index (χ0n) is 21.4. The summed E-state index contributed by atoms with van der Waals surface area (Å²) in [5.74, 6) is -0.932. The molecule has 2 aromatic heterocycles. The van der Waals surface area contributed by atoms with E-state index in [0.717, 1.165) is 0 Å². The Morgan fingerprint density at radius 2 is 1.74 bits per heavy atom. The Hall–Kier alpha value is -4.82. The maximum atomic E-state index is 12.6. The number of anilines is 2. The van der Waals surface area contributed by atoms with E-state index in [-0.39, 0.29) is 39.3 Å². The predicted molar refractivity (Wildman–Crippen MR) is 144 cm³/mol. The third-order valence-electron chi connectivity index (χ3n) is 5.71. The Labute approximate surface area is 223 Å². The summed E-state index contributed by atoms with van der Waals surface area (Å²) in [7, 11) is 1.80. The zero-order valence-corrected chi connectivity index (χ0v) is 22.2. The highest BCUT2D eigenvalue weighted by atomic mass is 32.2. The number of methoxy groups -OCH3 is 2. The molecule has 0 aliphatic heterocycles. The van der Waals surface area contributed by atoms with Gasteiger partial charge in [-0.1, -0.05) is 12.1 Å². The van der Waals surface area contributed by atoms with Crippen LogP contribution in [0.1, 0.15) is 20.7 Å². The molecule has 4 aromatic rings. The molecule has 13 nitrogen and oxygen atoms in total. The molecule has 2 amide bonds. The van der Waals surface area contributed by atoms with Gasteiger partial charge in [-0.05, 0) is 29.8 Å². The minimum Gasteiger partial charge on any atom is -0.480 e. The number of nitrogens with one attached hydrogen (secondary N) is 1. The minimum atomic E-state index is -4.16. The molecule has 0 aliphatic rings. The fraction of sp³-hybridized carbons (Fsp3) is 0.160. The number of ether oxygens (including phenoxy) is 2. The summed E-state index contributed by atoms with van der Waals surface area (Å²) in [5, 5.41) is 8.89. The Balaban J connectivity index is 1.88. The van der Waals surface area contributed by atoms with E-state index >= 15 is 0 Å². The van der Waals surface area contributed by atoms with Gasteiger partial charge in [-0.2, -0.15) is 4.98 Å². The number of fused-ring (bicyclic) bond motifs is 1. The van der Waals surface area contributed by atoms with E-state index in [9.17, 15) is 18.0 Å². The number of primary sulfonamides is 1. The number of carbonyl (C=O) groups excluding carboxylic acids is 2. The van der Waals surface area contributed by atoms with Crippen molar-refractivity contribution in [2.75, 3.05) is 33.6 Å². The molecule has 0 aliphatic carbocycles. The number of hydrogen-bond acceptors (Lipinski definition) is 10. The van der Waals surface area contributed by atoms with E-state index in [0.29, 0.717) is 22.0 Å². The van der Waals surface area contributed by atoms with Gasteiger partial charge in [-0.25, -0.2) is 18.5 Å². The quantitative estimate of drug-likeness (QED) is 0.291. The van der Waals surface area contributed by atoms with E-state index in [1.54, 1.807) is 24.4 Å². The van der Waals surface area contributed by atoms with E-state index in [1.807, 2.05) is 0 Å². The molecule has 4 rings (SSSR count). The van der Waals surface area contributed by atoms with Gasteiger partial charge in [0.15, 0.2) is 0 Å². The van der Waals surface area contributed by atoms with Gasteiger partial charge in [0.2, 0.25) is 15.9 Å². The topological polar surface area (TPSA) is 193 Å². The first-order valence-corrected chi connectivity index (χ1v) is 12.8. The molecule has 39 heavy (non-hydrogen) atoms. The molecular formula is C25H25N7O6S. The Kier molecular flexibility index (Phi) is 7.34. The van der Waals surface area contributed by atoms with Gasteiger partial charge in [0, 0.05) is 43.1 Å². The minimum absolute atomic E-state index is 0.0436. The van der Waals surface area contributed by atoms with Crippen molar-refractivity contribution < 1.29 is 27.5 Å². The van der Waals surface area contributed by atoms with Gasteiger partial charge in [0.25, 0.3) is 11.8 Å². The lowest BCUT2D eigenvalue weighted by Gasteiger charge is -2.17. The Bertz CT molecular complexity index is 1720. The lowest BCUT2D eigenvalue weighted by Crippen LogP contribution is -2.22. The molecule has 0 atom stereocenters. The number of rotatable bonds is 8. The van der Waals surface area contributed by atoms with Crippen LogP contribution in [0.25, 0.3) is 22.0 Å². The van der Waals surface area contributed by atoms with Crippen molar-refractivity contribution in [2.24, 2.45) is 10.9 Å². The second kappa shape index (κ2) is 10.5. The number of carbonyl (C=O) groups is 2. The van der Waals surface area contributed by atoms with Crippen LogP contribution < -0.4 is 25.7 Å². The lowest BCUT2D eigenvalue weighted by atomic mass is 10.0. The first kappa shape index (κ1) is 27.2. The standard InChI is InChI=1S/C25H25N7O6S/c1-32(2)24(34)14-7-15(10-16(8-14)39(27,35)36)30-21-17-6-5-13(9-20(17)28-12-19(21)22(26)33)18-11-29-25(38-4)31-23(18)37-3/h5-12H,1-4H3,(H2,26,33)(H,28,30)(H2,27,35,36). The SMILES string of the molecule is COc1ncc(-c2ccc3c(Nc4cc(C(=O)N(C)C)cc(S(N)(=O)=O)c4)c(C(N)=O)cnc3c2)c(OC)n1. The van der Waals surface area contributed by atoms with Crippen LogP contribution in [0.15, 0.2) is 53.7 Å². The van der Waals surface area contributed by atoms with Crippen LogP contribution in [0.3, 0.4) is 0 Å². The number of nitrogens with zero attached hydrogens (tertiary/aromatic N) is 4. The number of benzene rings is 2. The summed E-state index contributed by atoms with van der Waals surface area (Å²) in [6.45, 7) is 0. The maximum absolute atomic E-state index is 12.6. The number of hydrogen-bond donors (Lipinski definition) is 3. The average Bonchev–Trinajstić information content (AvgIpc) is 2.91. The molecule has 0 radical (unpaired) electrons. The van der Waals surface area contributed by atoms with Crippen LogP contribution in [0.4, 0.5) is 11.4 Å². The molecule has 0 saturated carbocycles. The van der Waals surface area contributed by atoms with Gasteiger partial charge in [-0.3, -0.25) is 14.6 Å².